The van der Waals surface area contributed by atoms with Gasteiger partial charge in [-0.15, -0.1) is 0 Å². The number of hydrogen-bond donors (Lipinski definition) is 2. The molecule has 0 heterocycles. The fourth-order valence-electron chi connectivity index (χ4n) is 2.86. The molecule has 3 rings (SSSR count). The summed E-state index contributed by atoms with van der Waals surface area (Å²) in [6, 6.07) is 15.2. The van der Waals surface area contributed by atoms with E-state index in [9.17, 15) is 22.4 Å². The Morgan fingerprint density at radius 2 is 1.56 bits per heavy atom. The van der Waals surface area contributed by atoms with Gasteiger partial charge < -0.3 is 10.6 Å². The predicted octanol–water partition coefficient (Wildman–Crippen LogP) is 4.51. The number of hydrogen-bond acceptors (Lipinski definition) is 4. The molecule has 0 aliphatic heterocycles. The molecule has 0 atom stereocenters. The van der Waals surface area contributed by atoms with Crippen molar-refractivity contribution >= 4 is 50.5 Å². The number of rotatable bonds is 6. The van der Waals surface area contributed by atoms with Crippen LogP contribution in [0.5, 0.6) is 0 Å². The van der Waals surface area contributed by atoms with Gasteiger partial charge in [-0.1, -0.05) is 17.7 Å². The molecule has 7 nitrogen and oxygen atoms in total. The zero-order valence-corrected chi connectivity index (χ0v) is 18.7. The molecule has 32 heavy (non-hydrogen) atoms. The quantitative estimate of drug-likeness (QED) is 0.548. The summed E-state index contributed by atoms with van der Waals surface area (Å²) in [7, 11) is -2.72. The highest BCUT2D eigenvalue weighted by Crippen LogP contribution is 2.27. The standard InChI is InChI=1S/C22H19ClFN3O4S/c1-14(28)25-16-4-3-5-17(12-16)26-22(29)20-13-19(10-11-21(20)23)32(30,31)27(2)18-8-6-15(24)7-9-18/h3-13H,1-2H3,(H,25,28)(H,26,29). The third-order valence-electron chi connectivity index (χ3n) is 4.47. The van der Waals surface area contributed by atoms with Gasteiger partial charge in [0.05, 0.1) is 21.2 Å². The minimum atomic E-state index is -4.05. The Morgan fingerprint density at radius 1 is 0.938 bits per heavy atom. The Labute approximate surface area is 189 Å². The number of nitrogens with one attached hydrogen (secondary N) is 2. The van der Waals surface area contributed by atoms with Crippen LogP contribution in [0, 0.1) is 5.82 Å². The van der Waals surface area contributed by atoms with E-state index < -0.39 is 21.7 Å². The second-order valence-electron chi connectivity index (χ2n) is 6.81. The van der Waals surface area contributed by atoms with Gasteiger partial charge in [-0.05, 0) is 60.7 Å². The lowest BCUT2D eigenvalue weighted by molar-refractivity contribution is -0.114. The highest BCUT2D eigenvalue weighted by Gasteiger charge is 2.24. The molecule has 10 heteroatoms. The summed E-state index contributed by atoms with van der Waals surface area (Å²) in [4.78, 5) is 23.9. The first-order valence-corrected chi connectivity index (χ1v) is 11.1. The summed E-state index contributed by atoms with van der Waals surface area (Å²) < 4.78 is 40.2. The lowest BCUT2D eigenvalue weighted by atomic mass is 10.2. The van der Waals surface area contributed by atoms with Crippen LogP contribution in [0.15, 0.2) is 71.6 Å². The van der Waals surface area contributed by atoms with Crippen LogP contribution < -0.4 is 14.9 Å². The number of carbonyl (C=O) groups excluding carboxylic acids is 2. The zero-order chi connectivity index (χ0) is 23.5. The van der Waals surface area contributed by atoms with E-state index in [0.29, 0.717) is 11.4 Å². The van der Waals surface area contributed by atoms with Crippen molar-refractivity contribution < 1.29 is 22.4 Å². The molecule has 0 saturated carbocycles. The molecule has 0 fully saturated rings. The molecule has 0 radical (unpaired) electrons. The van der Waals surface area contributed by atoms with Crippen LogP contribution in [0.4, 0.5) is 21.5 Å². The highest BCUT2D eigenvalue weighted by molar-refractivity contribution is 7.92. The lowest BCUT2D eigenvalue weighted by Gasteiger charge is -2.20. The summed E-state index contributed by atoms with van der Waals surface area (Å²) in [6.07, 6.45) is 0. The number of nitrogens with zero attached hydrogens (tertiary/aromatic N) is 1. The van der Waals surface area contributed by atoms with E-state index in [1.807, 2.05) is 0 Å². The van der Waals surface area contributed by atoms with Crippen molar-refractivity contribution in [3.8, 4) is 0 Å². The monoisotopic (exact) mass is 475 g/mol. The van der Waals surface area contributed by atoms with Gasteiger partial charge in [-0.3, -0.25) is 13.9 Å². The Morgan fingerprint density at radius 3 is 2.19 bits per heavy atom. The van der Waals surface area contributed by atoms with E-state index in [1.165, 1.54) is 44.3 Å². The third-order valence-corrected chi connectivity index (χ3v) is 6.58. The van der Waals surface area contributed by atoms with Gasteiger partial charge >= 0.3 is 0 Å². The van der Waals surface area contributed by atoms with Crippen LogP contribution in [0.25, 0.3) is 0 Å². The van der Waals surface area contributed by atoms with E-state index in [2.05, 4.69) is 10.6 Å². The maximum absolute atomic E-state index is 13.2. The van der Waals surface area contributed by atoms with Crippen LogP contribution in [0.2, 0.25) is 5.02 Å². The van der Waals surface area contributed by atoms with Gasteiger partial charge in [0.25, 0.3) is 15.9 Å². The molecule has 3 aromatic carbocycles. The second kappa shape index (κ2) is 9.37. The van der Waals surface area contributed by atoms with E-state index in [1.54, 1.807) is 24.3 Å². The second-order valence-corrected chi connectivity index (χ2v) is 9.18. The largest absolute Gasteiger partial charge is 0.326 e. The molecule has 0 unspecified atom stereocenters. The molecule has 2 N–H and O–H groups in total. The van der Waals surface area contributed by atoms with Gasteiger partial charge in [-0.2, -0.15) is 0 Å². The van der Waals surface area contributed by atoms with Gasteiger partial charge in [0, 0.05) is 25.3 Å². The fourth-order valence-corrected chi connectivity index (χ4v) is 4.29. The average Bonchev–Trinajstić information content (AvgIpc) is 2.73. The van der Waals surface area contributed by atoms with Crippen LogP contribution in [-0.4, -0.2) is 27.3 Å². The molecule has 0 aromatic heterocycles. The molecule has 2 amide bonds. The van der Waals surface area contributed by atoms with E-state index in [4.69, 9.17) is 11.6 Å². The highest BCUT2D eigenvalue weighted by atomic mass is 35.5. The molecule has 0 saturated heterocycles. The van der Waals surface area contributed by atoms with Crippen molar-refractivity contribution in [2.45, 2.75) is 11.8 Å². The van der Waals surface area contributed by atoms with E-state index >= 15 is 0 Å². The Bertz CT molecular complexity index is 1280. The summed E-state index contributed by atoms with van der Waals surface area (Å²) >= 11 is 6.15. The molecule has 0 spiro atoms. The maximum Gasteiger partial charge on any atom is 0.264 e. The predicted molar refractivity (Wildman–Crippen MR) is 122 cm³/mol. The Kier molecular flexibility index (Phi) is 6.81. The molecule has 0 aliphatic rings. The molecule has 0 bridgehead atoms. The van der Waals surface area contributed by atoms with Gasteiger partial charge in [-0.25, -0.2) is 12.8 Å². The first-order chi connectivity index (χ1) is 15.1. The SMILES string of the molecule is CC(=O)Nc1cccc(NC(=O)c2cc(S(=O)(=O)N(C)c3ccc(F)cc3)ccc2Cl)c1. The van der Waals surface area contributed by atoms with Crippen LogP contribution >= 0.6 is 11.6 Å². The zero-order valence-electron chi connectivity index (χ0n) is 17.1. The molecule has 166 valence electrons. The van der Waals surface area contributed by atoms with Crippen LogP contribution in [0.3, 0.4) is 0 Å². The lowest BCUT2D eigenvalue weighted by Crippen LogP contribution is -2.27. The van der Waals surface area contributed by atoms with Gasteiger partial charge in [0.1, 0.15) is 5.82 Å². The maximum atomic E-state index is 13.2. The number of anilines is 3. The molecular formula is C22H19ClFN3O4S. The molecular weight excluding hydrogens is 457 g/mol. The normalized spacial score (nSPS) is 11.0. The average molecular weight is 476 g/mol. The summed E-state index contributed by atoms with van der Waals surface area (Å²) in [5.41, 5.74) is 1.07. The molecule has 0 aliphatic carbocycles. The van der Waals surface area contributed by atoms with E-state index in [-0.39, 0.29) is 27.1 Å². The van der Waals surface area contributed by atoms with Crippen LogP contribution in [0.1, 0.15) is 17.3 Å². The number of halogens is 2. The first kappa shape index (κ1) is 23.2. The van der Waals surface area contributed by atoms with Crippen molar-refractivity contribution in [1.82, 2.24) is 0 Å². The minimum Gasteiger partial charge on any atom is -0.326 e. The number of benzene rings is 3. The number of carbonyl (C=O) groups is 2. The van der Waals surface area contributed by atoms with Crippen molar-refractivity contribution in [1.29, 1.82) is 0 Å². The Hall–Kier alpha value is -3.43. The van der Waals surface area contributed by atoms with Crippen LogP contribution in [-0.2, 0) is 14.8 Å². The van der Waals surface area contributed by atoms with Crippen molar-refractivity contribution in [3.05, 3.63) is 83.1 Å². The molecule has 3 aromatic rings. The fraction of sp³-hybridized carbons (Fsp3) is 0.0909. The van der Waals surface area contributed by atoms with Crippen molar-refractivity contribution in [2.75, 3.05) is 22.0 Å². The van der Waals surface area contributed by atoms with Gasteiger partial charge in [0.2, 0.25) is 5.91 Å². The van der Waals surface area contributed by atoms with Crippen molar-refractivity contribution in [2.24, 2.45) is 0 Å². The minimum absolute atomic E-state index is 0.0508. The summed E-state index contributed by atoms with van der Waals surface area (Å²) in [6.45, 7) is 1.36. The topological polar surface area (TPSA) is 95.6 Å². The Balaban J connectivity index is 1.89. The van der Waals surface area contributed by atoms with E-state index in [0.717, 1.165) is 16.4 Å². The first-order valence-electron chi connectivity index (χ1n) is 9.31. The summed E-state index contributed by atoms with van der Waals surface area (Å²) in [5.74, 6) is -1.39. The number of sulfonamides is 1. The number of amides is 2. The van der Waals surface area contributed by atoms with Crippen molar-refractivity contribution in [3.63, 3.8) is 0 Å². The third kappa shape index (κ3) is 5.24. The smallest absolute Gasteiger partial charge is 0.264 e. The van der Waals surface area contributed by atoms with Gasteiger partial charge in [0.15, 0.2) is 0 Å². The summed E-state index contributed by atoms with van der Waals surface area (Å²) in [5, 5.41) is 5.30.